The molecule has 0 radical (unpaired) electrons. The Morgan fingerprint density at radius 1 is 1.46 bits per heavy atom. The molecule has 0 aromatic heterocycles. The zero-order valence-electron chi connectivity index (χ0n) is 7.33. The minimum absolute atomic E-state index is 1.10. The third-order valence-corrected chi connectivity index (χ3v) is 2.19. The van der Waals surface area contributed by atoms with Crippen LogP contribution in [0.1, 0.15) is 5.56 Å². The van der Waals surface area contributed by atoms with Gasteiger partial charge in [0.05, 0.1) is 6.07 Å². The molecule has 0 bridgehead atoms. The Labute approximate surface area is 87.5 Å². The molecule has 0 saturated carbocycles. The SMILES string of the molecule is C=CC#N.Cc1ccc(SCl)cc1. The van der Waals surface area contributed by atoms with Gasteiger partial charge in [0.1, 0.15) is 0 Å². The molecule has 1 nitrogen and oxygen atoms in total. The Morgan fingerprint density at radius 2 is 1.92 bits per heavy atom. The van der Waals surface area contributed by atoms with Gasteiger partial charge in [-0.3, -0.25) is 0 Å². The zero-order valence-corrected chi connectivity index (χ0v) is 8.90. The van der Waals surface area contributed by atoms with Crippen molar-refractivity contribution in [3.63, 3.8) is 0 Å². The molecule has 0 aliphatic carbocycles. The summed E-state index contributed by atoms with van der Waals surface area (Å²) in [6.07, 6.45) is 1.18. The number of nitriles is 1. The molecule has 0 aliphatic rings. The lowest BCUT2D eigenvalue weighted by atomic mass is 10.2. The van der Waals surface area contributed by atoms with Gasteiger partial charge in [0.2, 0.25) is 0 Å². The quantitative estimate of drug-likeness (QED) is 0.657. The molecule has 0 atom stereocenters. The molecule has 1 aromatic carbocycles. The highest BCUT2D eigenvalue weighted by Gasteiger charge is 1.87. The molecular weight excluding hydrogens is 202 g/mol. The predicted molar refractivity (Wildman–Crippen MR) is 58.7 cm³/mol. The number of nitrogens with zero attached hydrogens (tertiary/aromatic N) is 1. The monoisotopic (exact) mass is 211 g/mol. The Bertz CT molecular complexity index is 287. The number of halogens is 1. The van der Waals surface area contributed by atoms with Gasteiger partial charge in [0.25, 0.3) is 0 Å². The fraction of sp³-hybridized carbons (Fsp3) is 0.100. The molecule has 0 aliphatic heterocycles. The van der Waals surface area contributed by atoms with E-state index in [4.69, 9.17) is 15.9 Å². The van der Waals surface area contributed by atoms with Gasteiger partial charge in [-0.15, -0.1) is 0 Å². The predicted octanol–water partition coefficient (Wildman–Crippen LogP) is 3.94. The van der Waals surface area contributed by atoms with Crippen molar-refractivity contribution in [2.45, 2.75) is 11.8 Å². The van der Waals surface area contributed by atoms with Crippen molar-refractivity contribution >= 4 is 21.7 Å². The van der Waals surface area contributed by atoms with Gasteiger partial charge >= 0.3 is 0 Å². The van der Waals surface area contributed by atoms with Crippen molar-refractivity contribution < 1.29 is 0 Å². The van der Waals surface area contributed by atoms with Crippen molar-refractivity contribution in [2.24, 2.45) is 0 Å². The third-order valence-electron chi connectivity index (χ3n) is 1.20. The summed E-state index contributed by atoms with van der Waals surface area (Å²) in [5.74, 6) is 0. The standard InChI is InChI=1S/C7H7ClS.C3H3N/c1-6-2-4-7(9-8)5-3-6;1-2-3-4/h2-5H,1H3;2H,1H2. The summed E-state index contributed by atoms with van der Waals surface area (Å²) in [5.41, 5.74) is 1.27. The Balaban J connectivity index is 0.000000310. The van der Waals surface area contributed by atoms with Gasteiger partial charge < -0.3 is 0 Å². The van der Waals surface area contributed by atoms with E-state index in [-0.39, 0.29) is 0 Å². The summed E-state index contributed by atoms with van der Waals surface area (Å²) in [6.45, 7) is 5.18. The molecule has 68 valence electrons. The van der Waals surface area contributed by atoms with Gasteiger partial charge in [0, 0.05) is 11.0 Å². The molecular formula is C10H10ClNS. The van der Waals surface area contributed by atoms with Crippen LogP contribution in [-0.2, 0) is 0 Å². The number of allylic oxidation sites excluding steroid dienone is 1. The van der Waals surface area contributed by atoms with E-state index >= 15 is 0 Å². The average Bonchev–Trinajstić information content (AvgIpc) is 2.19. The van der Waals surface area contributed by atoms with Gasteiger partial charge in [0.15, 0.2) is 0 Å². The van der Waals surface area contributed by atoms with E-state index in [1.807, 2.05) is 24.3 Å². The van der Waals surface area contributed by atoms with Crippen molar-refractivity contribution in [1.82, 2.24) is 0 Å². The van der Waals surface area contributed by atoms with Crippen LogP contribution in [-0.4, -0.2) is 0 Å². The summed E-state index contributed by atoms with van der Waals surface area (Å²) in [6, 6.07) is 9.80. The number of aryl methyl sites for hydroxylation is 1. The Hall–Kier alpha value is -0.910. The maximum atomic E-state index is 7.51. The van der Waals surface area contributed by atoms with Gasteiger partial charge in [-0.25, -0.2) is 0 Å². The molecule has 1 aromatic rings. The first-order valence-corrected chi connectivity index (χ1v) is 5.24. The first-order chi connectivity index (χ1) is 6.24. The van der Waals surface area contributed by atoms with E-state index in [1.165, 1.54) is 22.6 Å². The second-order valence-corrected chi connectivity index (χ2v) is 3.31. The van der Waals surface area contributed by atoms with Crippen LogP contribution in [0.3, 0.4) is 0 Å². The van der Waals surface area contributed by atoms with E-state index in [1.54, 1.807) is 6.07 Å². The molecule has 3 heteroatoms. The van der Waals surface area contributed by atoms with Crippen LogP contribution >= 0.6 is 21.7 Å². The smallest absolute Gasteiger partial charge is 0.0905 e. The van der Waals surface area contributed by atoms with Crippen molar-refractivity contribution in [1.29, 1.82) is 5.26 Å². The highest BCUT2D eigenvalue weighted by Crippen LogP contribution is 2.21. The lowest BCUT2D eigenvalue weighted by molar-refractivity contribution is 1.38. The lowest BCUT2D eigenvalue weighted by Gasteiger charge is -1.92. The van der Waals surface area contributed by atoms with Crippen LogP contribution in [0.25, 0.3) is 0 Å². The van der Waals surface area contributed by atoms with Crippen LogP contribution in [0, 0.1) is 18.3 Å². The second-order valence-electron chi connectivity index (χ2n) is 2.22. The van der Waals surface area contributed by atoms with Gasteiger partial charge in [-0.2, -0.15) is 5.26 Å². The first kappa shape index (κ1) is 12.1. The normalized spacial score (nSPS) is 7.77. The highest BCUT2D eigenvalue weighted by atomic mass is 35.7. The van der Waals surface area contributed by atoms with E-state index in [0.717, 1.165) is 4.90 Å². The summed E-state index contributed by atoms with van der Waals surface area (Å²) in [5, 5.41) is 7.51. The van der Waals surface area contributed by atoms with Gasteiger partial charge in [-0.1, -0.05) is 24.3 Å². The van der Waals surface area contributed by atoms with Crippen LogP contribution < -0.4 is 0 Å². The summed E-state index contributed by atoms with van der Waals surface area (Å²) in [7, 11) is 6.75. The van der Waals surface area contributed by atoms with Gasteiger partial charge in [-0.05, 0) is 40.7 Å². The number of hydrogen-bond donors (Lipinski definition) is 0. The number of hydrogen-bond acceptors (Lipinski definition) is 2. The van der Waals surface area contributed by atoms with Crippen LogP contribution in [0.2, 0.25) is 0 Å². The first-order valence-electron chi connectivity index (χ1n) is 3.60. The van der Waals surface area contributed by atoms with E-state index in [0.29, 0.717) is 0 Å². The molecule has 0 heterocycles. The number of benzene rings is 1. The topological polar surface area (TPSA) is 23.8 Å². The largest absolute Gasteiger partial charge is 0.193 e. The molecule has 1 rings (SSSR count). The summed E-state index contributed by atoms with van der Waals surface area (Å²) >= 11 is 0. The average molecular weight is 212 g/mol. The fourth-order valence-electron chi connectivity index (χ4n) is 0.590. The third kappa shape index (κ3) is 6.27. The molecule has 0 saturated heterocycles. The molecule has 0 amide bonds. The van der Waals surface area contributed by atoms with E-state index < -0.39 is 0 Å². The van der Waals surface area contributed by atoms with Crippen LogP contribution in [0.4, 0.5) is 0 Å². The maximum absolute atomic E-state index is 7.51. The van der Waals surface area contributed by atoms with E-state index in [9.17, 15) is 0 Å². The van der Waals surface area contributed by atoms with E-state index in [2.05, 4.69) is 13.5 Å². The Morgan fingerprint density at radius 3 is 2.23 bits per heavy atom. The zero-order chi connectivity index (χ0) is 10.1. The minimum Gasteiger partial charge on any atom is -0.193 e. The molecule has 0 N–H and O–H groups in total. The molecule has 0 unspecified atom stereocenters. The number of rotatable bonds is 1. The highest BCUT2D eigenvalue weighted by molar-refractivity contribution is 8.21. The Kier molecular flexibility index (Phi) is 7.18. The lowest BCUT2D eigenvalue weighted by Crippen LogP contribution is -1.68. The minimum atomic E-state index is 1.10. The fourth-order valence-corrected chi connectivity index (χ4v) is 1.14. The molecule has 13 heavy (non-hydrogen) atoms. The van der Waals surface area contributed by atoms with Crippen molar-refractivity contribution in [3.05, 3.63) is 42.5 Å². The molecule has 0 spiro atoms. The van der Waals surface area contributed by atoms with Crippen LogP contribution in [0.5, 0.6) is 0 Å². The maximum Gasteiger partial charge on any atom is 0.0905 e. The summed E-state index contributed by atoms with van der Waals surface area (Å²) < 4.78 is 0. The summed E-state index contributed by atoms with van der Waals surface area (Å²) in [4.78, 5) is 1.10. The van der Waals surface area contributed by atoms with Crippen LogP contribution in [0.15, 0.2) is 41.8 Å². The van der Waals surface area contributed by atoms with Crippen molar-refractivity contribution in [2.75, 3.05) is 0 Å². The second kappa shape index (κ2) is 7.72. The van der Waals surface area contributed by atoms with Crippen molar-refractivity contribution in [3.8, 4) is 6.07 Å². The molecule has 0 fully saturated rings.